The average molecular weight is 459 g/mol. The molecule has 1 saturated heterocycles. The van der Waals surface area contributed by atoms with Gasteiger partial charge in [0.25, 0.3) is 0 Å². The highest BCUT2D eigenvalue weighted by molar-refractivity contribution is 14.0. The van der Waals surface area contributed by atoms with E-state index in [-0.39, 0.29) is 24.0 Å². The summed E-state index contributed by atoms with van der Waals surface area (Å²) in [6.07, 6.45) is 0. The number of nitrogens with zero attached hydrogens (tertiary/aromatic N) is 3. The quantitative estimate of drug-likeness (QED) is 0.390. The third-order valence-electron chi connectivity index (χ3n) is 4.74. The number of aliphatic imine (C=N–C) groups is 1. The van der Waals surface area contributed by atoms with Gasteiger partial charge in [-0.05, 0) is 38.9 Å². The molecule has 1 aromatic carbocycles. The zero-order valence-electron chi connectivity index (χ0n) is 16.1. The van der Waals surface area contributed by atoms with Gasteiger partial charge in [0.05, 0.1) is 6.54 Å². The van der Waals surface area contributed by atoms with Crippen LogP contribution in [-0.4, -0.2) is 68.1 Å². The van der Waals surface area contributed by atoms with Crippen LogP contribution in [0, 0.1) is 6.92 Å². The zero-order chi connectivity index (χ0) is 17.4. The molecule has 5 nitrogen and oxygen atoms in total. The highest BCUT2D eigenvalue weighted by Crippen LogP contribution is 2.08. The summed E-state index contributed by atoms with van der Waals surface area (Å²) in [5, 5.41) is 6.85. The summed E-state index contributed by atoms with van der Waals surface area (Å²) in [6, 6.07) is 8.95. The van der Waals surface area contributed by atoms with E-state index in [1.807, 2.05) is 0 Å². The summed E-state index contributed by atoms with van der Waals surface area (Å²) in [5.41, 5.74) is 2.57. The SMILES string of the molecule is CCNC(=NCc1ccccc1C)NCC(C)N1CCN(C)CC1.I. The number of guanidine groups is 1. The first-order valence-electron chi connectivity index (χ1n) is 9.09. The highest BCUT2D eigenvalue weighted by Gasteiger charge is 2.19. The molecule has 1 fully saturated rings. The van der Waals surface area contributed by atoms with E-state index in [0.29, 0.717) is 12.6 Å². The normalized spacial score (nSPS) is 17.7. The van der Waals surface area contributed by atoms with Crippen molar-refractivity contribution < 1.29 is 0 Å². The van der Waals surface area contributed by atoms with E-state index in [0.717, 1.165) is 45.2 Å². The molecule has 1 aromatic rings. The third kappa shape index (κ3) is 7.50. The van der Waals surface area contributed by atoms with Crippen LogP contribution in [-0.2, 0) is 6.54 Å². The van der Waals surface area contributed by atoms with Gasteiger partial charge in [0.1, 0.15) is 0 Å². The second kappa shape index (κ2) is 11.7. The molecule has 0 bridgehead atoms. The van der Waals surface area contributed by atoms with Crippen LogP contribution in [0.5, 0.6) is 0 Å². The zero-order valence-corrected chi connectivity index (χ0v) is 18.4. The minimum atomic E-state index is 0. The van der Waals surface area contributed by atoms with Crippen molar-refractivity contribution in [3.05, 3.63) is 35.4 Å². The van der Waals surface area contributed by atoms with Crippen LogP contribution in [0.1, 0.15) is 25.0 Å². The molecule has 0 aliphatic carbocycles. The molecule has 0 radical (unpaired) electrons. The number of aryl methyl sites for hydroxylation is 1. The maximum absolute atomic E-state index is 4.74. The fourth-order valence-corrected chi connectivity index (χ4v) is 2.93. The standard InChI is InChI=1S/C19H33N5.HI/c1-5-20-19(22-15-18-9-7-6-8-16(18)2)21-14-17(3)24-12-10-23(4)11-13-24;/h6-9,17H,5,10-15H2,1-4H3,(H2,20,21,22);1H. The number of hydrogen-bond acceptors (Lipinski definition) is 3. The molecule has 1 atom stereocenters. The van der Waals surface area contributed by atoms with Crippen LogP contribution in [0.4, 0.5) is 0 Å². The maximum atomic E-state index is 4.74. The summed E-state index contributed by atoms with van der Waals surface area (Å²) in [5.74, 6) is 0.904. The number of halogens is 1. The average Bonchev–Trinajstić information content (AvgIpc) is 2.59. The Morgan fingerprint density at radius 3 is 2.48 bits per heavy atom. The van der Waals surface area contributed by atoms with Gasteiger partial charge in [0.2, 0.25) is 0 Å². The fourth-order valence-electron chi connectivity index (χ4n) is 2.93. The van der Waals surface area contributed by atoms with Crippen LogP contribution in [0.2, 0.25) is 0 Å². The number of rotatable bonds is 6. The largest absolute Gasteiger partial charge is 0.357 e. The lowest BCUT2D eigenvalue weighted by Gasteiger charge is -2.36. The van der Waals surface area contributed by atoms with E-state index < -0.39 is 0 Å². The molecule has 0 spiro atoms. The summed E-state index contributed by atoms with van der Waals surface area (Å²) >= 11 is 0. The second-order valence-corrected chi connectivity index (χ2v) is 6.69. The first-order chi connectivity index (χ1) is 11.6. The van der Waals surface area contributed by atoms with Gasteiger partial charge in [-0.3, -0.25) is 4.90 Å². The monoisotopic (exact) mass is 459 g/mol. The molecule has 1 aliphatic heterocycles. The van der Waals surface area contributed by atoms with Crippen molar-refractivity contribution in [1.29, 1.82) is 0 Å². The van der Waals surface area contributed by atoms with Gasteiger partial charge >= 0.3 is 0 Å². The third-order valence-corrected chi connectivity index (χ3v) is 4.74. The molecule has 2 N–H and O–H groups in total. The lowest BCUT2D eigenvalue weighted by molar-refractivity contribution is 0.120. The van der Waals surface area contributed by atoms with Gasteiger partial charge in [-0.2, -0.15) is 0 Å². The predicted octanol–water partition coefficient (Wildman–Crippen LogP) is 2.30. The Bertz CT molecular complexity index is 526. The number of hydrogen-bond donors (Lipinski definition) is 2. The number of piperazine rings is 1. The Morgan fingerprint density at radius 1 is 1.16 bits per heavy atom. The summed E-state index contributed by atoms with van der Waals surface area (Å²) in [6.45, 7) is 13.7. The molecule has 6 heteroatoms. The van der Waals surface area contributed by atoms with Crippen LogP contribution >= 0.6 is 24.0 Å². The van der Waals surface area contributed by atoms with Gasteiger partial charge in [-0.25, -0.2) is 4.99 Å². The van der Waals surface area contributed by atoms with Crippen LogP contribution in [0.25, 0.3) is 0 Å². The molecule has 0 saturated carbocycles. The Kier molecular flexibility index (Phi) is 10.4. The molecule has 1 heterocycles. The van der Waals surface area contributed by atoms with Crippen LogP contribution in [0.15, 0.2) is 29.3 Å². The molecule has 0 amide bonds. The summed E-state index contributed by atoms with van der Waals surface area (Å²) in [7, 11) is 2.20. The molecule has 25 heavy (non-hydrogen) atoms. The Labute approximate surface area is 170 Å². The van der Waals surface area contributed by atoms with E-state index in [2.05, 4.69) is 72.5 Å². The molecule has 0 aromatic heterocycles. The summed E-state index contributed by atoms with van der Waals surface area (Å²) in [4.78, 5) is 9.69. The minimum absolute atomic E-state index is 0. The topological polar surface area (TPSA) is 42.9 Å². The Morgan fingerprint density at radius 2 is 1.84 bits per heavy atom. The Balaban J connectivity index is 0.00000312. The van der Waals surface area contributed by atoms with Gasteiger partial charge < -0.3 is 15.5 Å². The van der Waals surface area contributed by atoms with Crippen molar-refractivity contribution in [2.45, 2.75) is 33.4 Å². The van der Waals surface area contributed by atoms with E-state index in [4.69, 9.17) is 4.99 Å². The summed E-state index contributed by atoms with van der Waals surface area (Å²) < 4.78 is 0. The van der Waals surface area contributed by atoms with Crippen LogP contribution < -0.4 is 10.6 Å². The van der Waals surface area contributed by atoms with Crippen molar-refractivity contribution in [2.75, 3.05) is 46.3 Å². The lowest BCUT2D eigenvalue weighted by atomic mass is 10.1. The lowest BCUT2D eigenvalue weighted by Crippen LogP contribution is -2.52. The van der Waals surface area contributed by atoms with Crippen molar-refractivity contribution in [3.63, 3.8) is 0 Å². The molecule has 2 rings (SSSR count). The molecule has 1 unspecified atom stereocenters. The van der Waals surface area contributed by atoms with E-state index in [1.165, 1.54) is 11.1 Å². The van der Waals surface area contributed by atoms with E-state index in [9.17, 15) is 0 Å². The van der Waals surface area contributed by atoms with Gasteiger partial charge in [0.15, 0.2) is 5.96 Å². The van der Waals surface area contributed by atoms with Crippen LogP contribution in [0.3, 0.4) is 0 Å². The molecular weight excluding hydrogens is 425 g/mol. The van der Waals surface area contributed by atoms with Crippen molar-refractivity contribution in [3.8, 4) is 0 Å². The molecule has 142 valence electrons. The smallest absolute Gasteiger partial charge is 0.191 e. The second-order valence-electron chi connectivity index (χ2n) is 6.69. The number of benzene rings is 1. The van der Waals surface area contributed by atoms with Gasteiger partial charge in [0, 0.05) is 45.3 Å². The van der Waals surface area contributed by atoms with E-state index >= 15 is 0 Å². The molecular formula is C19H34IN5. The Hall–Kier alpha value is -0.860. The first-order valence-corrected chi connectivity index (χ1v) is 9.09. The number of likely N-dealkylation sites (N-methyl/N-ethyl adjacent to an activating group) is 1. The minimum Gasteiger partial charge on any atom is -0.357 e. The van der Waals surface area contributed by atoms with Gasteiger partial charge in [-0.15, -0.1) is 24.0 Å². The van der Waals surface area contributed by atoms with Crippen molar-refractivity contribution >= 4 is 29.9 Å². The van der Waals surface area contributed by atoms with Crippen molar-refractivity contribution in [1.82, 2.24) is 20.4 Å². The van der Waals surface area contributed by atoms with E-state index in [1.54, 1.807) is 0 Å². The van der Waals surface area contributed by atoms with Crippen molar-refractivity contribution in [2.24, 2.45) is 4.99 Å². The highest BCUT2D eigenvalue weighted by atomic mass is 127. The van der Waals surface area contributed by atoms with Gasteiger partial charge in [-0.1, -0.05) is 24.3 Å². The molecule has 1 aliphatic rings. The number of nitrogens with one attached hydrogen (secondary N) is 2. The maximum Gasteiger partial charge on any atom is 0.191 e. The predicted molar refractivity (Wildman–Crippen MR) is 118 cm³/mol. The fraction of sp³-hybridized carbons (Fsp3) is 0.632. The first kappa shape index (κ1) is 22.2.